The smallest absolute Gasteiger partial charge is 0.543 e. The molecule has 0 spiro atoms. The SMILES string of the molecule is O=C(O)Cn1nnnc1SCC1=C(C(=O)[O-])N2C(=O)C(NC(=O)[C@H](O)c3cccc([N+](=O)[O-])c3)[C@H]2SC1.O=C(O)Cn1nnnc1SCC1=C(C(=O)[O-])N2C(=O)C(NC(=O)[C@H](O)c3cccc([N+](=O)[O-])c3)[C@H]2SC1.[K+].[K+]. The third kappa shape index (κ3) is 14.1. The molecule has 2 fully saturated rings. The normalized spacial score (nSPS) is 19.1. The van der Waals surface area contributed by atoms with Crippen molar-refractivity contribution in [1.82, 2.24) is 60.8 Å². The molecule has 76 heavy (non-hydrogen) atoms. The maximum Gasteiger partial charge on any atom is 1.00 e. The van der Waals surface area contributed by atoms with E-state index in [1.165, 1.54) is 59.9 Å². The summed E-state index contributed by atoms with van der Waals surface area (Å²) in [5, 5.41) is 109. The van der Waals surface area contributed by atoms with Gasteiger partial charge in [0, 0.05) is 47.3 Å². The number of carboxylic acids is 4. The van der Waals surface area contributed by atoms with Crippen LogP contribution in [-0.4, -0.2) is 174 Å². The number of carboxylic acid groups (broad SMARTS) is 4. The number of aliphatic hydroxyl groups excluding tert-OH is 2. The Hall–Kier alpha value is -4.79. The van der Waals surface area contributed by atoms with Crippen molar-refractivity contribution >= 4 is 106 Å². The van der Waals surface area contributed by atoms with Crippen LogP contribution in [0.5, 0.6) is 0 Å². The molecule has 38 heteroatoms. The van der Waals surface area contributed by atoms with Crippen molar-refractivity contribution in [3.8, 4) is 0 Å². The minimum Gasteiger partial charge on any atom is -0.543 e. The fourth-order valence-corrected chi connectivity index (χ4v) is 12.0. The fraction of sp³-hybridized carbons (Fsp3) is 0.316. The number of aromatic nitrogens is 8. The zero-order valence-electron chi connectivity index (χ0n) is 38.8. The quantitative estimate of drug-likeness (QED) is 0.0157. The number of rotatable bonds is 20. The number of benzene rings is 2. The van der Waals surface area contributed by atoms with E-state index in [9.17, 15) is 79.0 Å². The van der Waals surface area contributed by atoms with Crippen molar-refractivity contribution in [3.05, 3.63) is 102 Å². The molecule has 4 aromatic rings. The van der Waals surface area contributed by atoms with Crippen LogP contribution in [0.15, 0.2) is 81.4 Å². The van der Waals surface area contributed by atoms with Gasteiger partial charge in [0.2, 0.25) is 10.3 Å². The molecule has 2 aromatic carbocycles. The van der Waals surface area contributed by atoms with Gasteiger partial charge in [-0.1, -0.05) is 47.8 Å². The van der Waals surface area contributed by atoms with E-state index in [4.69, 9.17) is 10.2 Å². The zero-order valence-corrected chi connectivity index (χ0v) is 48.3. The first-order valence-corrected chi connectivity index (χ1v) is 24.7. The molecule has 388 valence electrons. The minimum absolute atomic E-state index is 0. The number of hydrogen-bond donors (Lipinski definition) is 6. The first-order chi connectivity index (χ1) is 35.2. The van der Waals surface area contributed by atoms with Crippen molar-refractivity contribution in [2.24, 2.45) is 0 Å². The number of thioether (sulfide) groups is 4. The van der Waals surface area contributed by atoms with Gasteiger partial charge in [-0.15, -0.1) is 33.7 Å². The van der Waals surface area contributed by atoms with Crippen LogP contribution in [0.4, 0.5) is 11.4 Å². The third-order valence-electron chi connectivity index (χ3n) is 10.7. The average molecular weight is 1180 g/mol. The van der Waals surface area contributed by atoms with Crippen LogP contribution in [0.2, 0.25) is 0 Å². The van der Waals surface area contributed by atoms with Gasteiger partial charge in [0.05, 0.1) is 33.2 Å². The number of non-ortho nitro benzene ring substituents is 2. The molecule has 0 radical (unpaired) electrons. The summed E-state index contributed by atoms with van der Waals surface area (Å²) in [4.78, 5) is 119. The largest absolute Gasteiger partial charge is 1.00 e. The third-order valence-corrected chi connectivity index (χ3v) is 15.5. The van der Waals surface area contributed by atoms with Crippen LogP contribution < -0.4 is 124 Å². The Bertz CT molecular complexity index is 2870. The van der Waals surface area contributed by atoms with Crippen LogP contribution in [0.25, 0.3) is 0 Å². The maximum atomic E-state index is 12.8. The Morgan fingerprint density at radius 2 is 1.04 bits per heavy atom. The number of amides is 4. The summed E-state index contributed by atoms with van der Waals surface area (Å²) in [7, 11) is 0. The van der Waals surface area contributed by atoms with Gasteiger partial charge in [0.15, 0.2) is 12.2 Å². The van der Waals surface area contributed by atoms with Crippen molar-refractivity contribution in [2.75, 3.05) is 23.0 Å². The summed E-state index contributed by atoms with van der Waals surface area (Å²) in [6.07, 6.45) is -3.59. The fourth-order valence-electron chi connectivity index (χ4n) is 7.31. The summed E-state index contributed by atoms with van der Waals surface area (Å²) in [5.74, 6) is -8.68. The van der Waals surface area contributed by atoms with E-state index in [-0.39, 0.29) is 170 Å². The molecular weight excluding hydrogens is 1150 g/mol. The van der Waals surface area contributed by atoms with Crippen molar-refractivity contribution < 1.29 is 182 Å². The van der Waals surface area contributed by atoms with E-state index in [0.717, 1.165) is 54.8 Å². The summed E-state index contributed by atoms with van der Waals surface area (Å²) >= 11 is 4.29. The molecule has 6 heterocycles. The van der Waals surface area contributed by atoms with Crippen LogP contribution in [0.1, 0.15) is 23.3 Å². The molecule has 32 nitrogen and oxygen atoms in total. The molecule has 0 bridgehead atoms. The van der Waals surface area contributed by atoms with Gasteiger partial charge < -0.3 is 50.9 Å². The van der Waals surface area contributed by atoms with Gasteiger partial charge >= 0.3 is 115 Å². The molecule has 4 aliphatic rings. The standard InChI is InChI=1S/2C19H17N7O9S2.2K/c2*27-11(28)5-24-19(21-22-23-24)37-7-9-6-36-17-12(16(31)25(17)13(9)18(32)33)20-15(30)14(29)8-2-1-3-10(4-8)26(34)35;;/h2*1-4,12,14,17,29H,5-7H2,(H,20,30)(H,27,28)(H,32,33);;/q;;2*+1/p-2/t2*12?,14-,17-;;/m11../s1. The van der Waals surface area contributed by atoms with Gasteiger partial charge in [-0.25, -0.2) is 9.36 Å². The molecule has 8 rings (SSSR count). The number of hydrogen-bond acceptors (Lipinski definition) is 26. The van der Waals surface area contributed by atoms with Gasteiger partial charge in [-0.2, -0.15) is 0 Å². The Morgan fingerprint density at radius 1 is 0.671 bits per heavy atom. The molecular formula is C38H32K2N14O18S4. The van der Waals surface area contributed by atoms with E-state index in [1.54, 1.807) is 0 Å². The topological polar surface area (TPSA) is 468 Å². The predicted octanol–water partition coefficient (Wildman–Crippen LogP) is -10.2. The Labute approximate surface area is 525 Å². The van der Waals surface area contributed by atoms with Crippen molar-refractivity contribution in [3.63, 3.8) is 0 Å². The number of aliphatic hydroxyl groups is 2. The van der Waals surface area contributed by atoms with E-state index >= 15 is 0 Å². The first-order valence-electron chi connectivity index (χ1n) is 20.6. The van der Waals surface area contributed by atoms with Gasteiger partial charge in [-0.3, -0.25) is 58.8 Å². The number of nitro benzene ring substituents is 2. The second kappa shape index (κ2) is 27.2. The average Bonchev–Trinajstić information content (AvgIpc) is 4.02. The number of fused-ring (bicyclic) bond motifs is 2. The van der Waals surface area contributed by atoms with Gasteiger partial charge in [0.1, 0.15) is 35.9 Å². The molecule has 4 aliphatic heterocycles. The Balaban J connectivity index is 0.000000274. The first kappa shape index (κ1) is 62.1. The van der Waals surface area contributed by atoms with E-state index in [1.807, 2.05) is 0 Å². The Morgan fingerprint density at radius 3 is 1.37 bits per heavy atom. The Kier molecular flexibility index (Phi) is 22.2. The molecule has 6 N–H and O–H groups in total. The summed E-state index contributed by atoms with van der Waals surface area (Å²) in [6.45, 7) is -0.987. The molecule has 0 saturated carbocycles. The monoisotopic (exact) mass is 1180 g/mol. The minimum atomic E-state index is -1.80. The van der Waals surface area contributed by atoms with E-state index in [2.05, 4.69) is 41.7 Å². The number of tetrazole rings is 2. The van der Waals surface area contributed by atoms with Crippen molar-refractivity contribution in [1.29, 1.82) is 0 Å². The number of nitro groups is 2. The molecule has 0 aliphatic carbocycles. The van der Waals surface area contributed by atoms with Crippen LogP contribution in [0, 0.1) is 20.2 Å². The number of carbonyl (C=O) groups excluding carboxylic acids is 6. The molecule has 2 unspecified atom stereocenters. The molecule has 2 aromatic heterocycles. The number of nitrogens with zero attached hydrogens (tertiary/aromatic N) is 12. The van der Waals surface area contributed by atoms with Crippen LogP contribution in [-0.2, 0) is 51.4 Å². The number of carbonyl (C=O) groups is 8. The summed E-state index contributed by atoms with van der Waals surface area (Å²) in [6, 6.07) is 7.39. The zero-order chi connectivity index (χ0) is 53.7. The van der Waals surface area contributed by atoms with Crippen LogP contribution >= 0.6 is 47.0 Å². The van der Waals surface area contributed by atoms with Gasteiger partial charge in [-0.05, 0) is 43.1 Å². The molecule has 2 saturated heterocycles. The number of nitrogens with one attached hydrogen (secondary N) is 2. The number of β-lactam (4-membered cyclic amide) rings is 2. The predicted molar refractivity (Wildman–Crippen MR) is 243 cm³/mol. The molecule has 4 amide bonds. The summed E-state index contributed by atoms with van der Waals surface area (Å²) < 4.78 is 2.05. The summed E-state index contributed by atoms with van der Waals surface area (Å²) in [5.41, 5.74) is -0.880. The van der Waals surface area contributed by atoms with Gasteiger partial charge in [0.25, 0.3) is 35.0 Å². The maximum absolute atomic E-state index is 12.8. The van der Waals surface area contributed by atoms with E-state index < -0.39 is 105 Å². The van der Waals surface area contributed by atoms with Crippen molar-refractivity contribution in [2.45, 2.75) is 58.4 Å². The molecule has 6 atom stereocenters. The number of aliphatic carboxylic acids is 4. The second-order valence-electron chi connectivity index (χ2n) is 15.4. The second-order valence-corrected chi connectivity index (χ2v) is 19.5. The van der Waals surface area contributed by atoms with E-state index in [0.29, 0.717) is 11.1 Å². The van der Waals surface area contributed by atoms with Crippen LogP contribution in [0.3, 0.4) is 0 Å².